The number of benzene rings is 1. The van der Waals surface area contributed by atoms with Crippen molar-refractivity contribution in [3.8, 4) is 0 Å². The Morgan fingerprint density at radius 1 is 1.41 bits per heavy atom. The molecule has 0 aliphatic rings. The first-order chi connectivity index (χ1) is 10.2. The van der Waals surface area contributed by atoms with Crippen LogP contribution in [0.2, 0.25) is 0 Å². The summed E-state index contributed by atoms with van der Waals surface area (Å²) in [4.78, 5) is 21.0. The quantitative estimate of drug-likeness (QED) is 0.834. The second-order valence-corrected chi connectivity index (χ2v) is 7.35. The fourth-order valence-electron chi connectivity index (χ4n) is 1.95. The summed E-state index contributed by atoms with van der Waals surface area (Å²) in [5, 5.41) is 0.371. The SMILES string of the molecule is CON(C)C(=O)c1ccc2nc(N)n(S(=O)(=O)C(C)C)c2c1. The molecule has 0 aliphatic carbocycles. The molecule has 1 amide bonds. The van der Waals surface area contributed by atoms with Gasteiger partial charge in [0, 0.05) is 12.6 Å². The number of imidazole rings is 1. The molecule has 0 fully saturated rings. The fourth-order valence-corrected chi connectivity index (χ4v) is 3.09. The van der Waals surface area contributed by atoms with Gasteiger partial charge in [-0.05, 0) is 32.0 Å². The van der Waals surface area contributed by atoms with Gasteiger partial charge in [-0.1, -0.05) is 0 Å². The molecule has 0 bridgehead atoms. The van der Waals surface area contributed by atoms with Gasteiger partial charge in [0.15, 0.2) is 0 Å². The zero-order valence-electron chi connectivity index (χ0n) is 12.8. The predicted molar refractivity (Wildman–Crippen MR) is 82.7 cm³/mol. The van der Waals surface area contributed by atoms with Crippen LogP contribution in [0.25, 0.3) is 11.0 Å². The van der Waals surface area contributed by atoms with E-state index >= 15 is 0 Å². The summed E-state index contributed by atoms with van der Waals surface area (Å²) in [6, 6.07) is 4.53. The topological polar surface area (TPSA) is 108 Å². The van der Waals surface area contributed by atoms with Gasteiger partial charge in [-0.15, -0.1) is 0 Å². The zero-order chi connectivity index (χ0) is 16.7. The first kappa shape index (κ1) is 16.2. The van der Waals surface area contributed by atoms with Gasteiger partial charge in [0.05, 0.1) is 23.4 Å². The van der Waals surface area contributed by atoms with Crippen molar-refractivity contribution in [3.05, 3.63) is 23.8 Å². The molecule has 0 unspecified atom stereocenters. The van der Waals surface area contributed by atoms with Crippen LogP contribution in [0, 0.1) is 0 Å². The molecular weight excluding hydrogens is 308 g/mol. The van der Waals surface area contributed by atoms with Crippen LogP contribution in [0.1, 0.15) is 24.2 Å². The molecule has 0 saturated carbocycles. The summed E-state index contributed by atoms with van der Waals surface area (Å²) in [7, 11) is -0.862. The van der Waals surface area contributed by atoms with Gasteiger partial charge in [-0.25, -0.2) is 22.4 Å². The highest BCUT2D eigenvalue weighted by Gasteiger charge is 2.25. The number of carbonyl (C=O) groups is 1. The van der Waals surface area contributed by atoms with E-state index in [-0.39, 0.29) is 17.0 Å². The molecule has 0 atom stereocenters. The van der Waals surface area contributed by atoms with Crippen molar-refractivity contribution < 1.29 is 18.0 Å². The molecule has 2 rings (SSSR count). The van der Waals surface area contributed by atoms with Crippen molar-refractivity contribution in [1.29, 1.82) is 0 Å². The second-order valence-electron chi connectivity index (χ2n) is 5.02. The number of nitrogen functional groups attached to an aromatic ring is 1. The molecular formula is C13H18N4O4S. The first-order valence-corrected chi connectivity index (χ1v) is 8.05. The first-order valence-electron chi connectivity index (χ1n) is 6.54. The molecule has 22 heavy (non-hydrogen) atoms. The number of hydrogen-bond donors (Lipinski definition) is 1. The zero-order valence-corrected chi connectivity index (χ0v) is 13.6. The number of hydroxylamine groups is 2. The fraction of sp³-hybridized carbons (Fsp3) is 0.385. The van der Waals surface area contributed by atoms with Gasteiger partial charge in [0.2, 0.25) is 16.0 Å². The lowest BCUT2D eigenvalue weighted by atomic mass is 10.2. The Labute approximate surface area is 128 Å². The van der Waals surface area contributed by atoms with Crippen LogP contribution >= 0.6 is 0 Å². The van der Waals surface area contributed by atoms with E-state index < -0.39 is 21.2 Å². The lowest BCUT2D eigenvalue weighted by molar-refractivity contribution is -0.0756. The van der Waals surface area contributed by atoms with Gasteiger partial charge >= 0.3 is 0 Å². The molecule has 2 N–H and O–H groups in total. The average Bonchev–Trinajstić information content (AvgIpc) is 2.80. The number of nitrogens with two attached hydrogens (primary N) is 1. The number of amides is 1. The number of hydrogen-bond acceptors (Lipinski definition) is 6. The molecule has 1 heterocycles. The lowest BCUT2D eigenvalue weighted by Gasteiger charge is -2.14. The Bertz CT molecular complexity index is 826. The summed E-state index contributed by atoms with van der Waals surface area (Å²) >= 11 is 0. The van der Waals surface area contributed by atoms with Crippen LogP contribution < -0.4 is 5.73 Å². The third-order valence-corrected chi connectivity index (χ3v) is 5.38. The Morgan fingerprint density at radius 2 is 2.05 bits per heavy atom. The van der Waals surface area contributed by atoms with E-state index in [4.69, 9.17) is 10.6 Å². The summed E-state index contributed by atoms with van der Waals surface area (Å²) in [5.74, 6) is -0.536. The van der Waals surface area contributed by atoms with Crippen molar-refractivity contribution >= 4 is 32.9 Å². The molecule has 1 aromatic carbocycles. The number of nitrogens with zero attached hydrogens (tertiary/aromatic N) is 3. The smallest absolute Gasteiger partial charge is 0.277 e. The number of fused-ring (bicyclic) bond motifs is 1. The highest BCUT2D eigenvalue weighted by atomic mass is 32.2. The standard InChI is InChI=1S/C13H18N4O4S/c1-8(2)22(19,20)17-11-7-9(12(18)16(3)21-4)5-6-10(11)15-13(17)14/h5-8H,1-4H3,(H2,14,15). The minimum absolute atomic E-state index is 0.131. The maximum Gasteiger partial charge on any atom is 0.277 e. The Morgan fingerprint density at radius 3 is 2.59 bits per heavy atom. The van der Waals surface area contributed by atoms with E-state index in [1.165, 1.54) is 20.2 Å². The Hall–Kier alpha value is -2.13. The summed E-state index contributed by atoms with van der Waals surface area (Å²) in [5.41, 5.74) is 6.68. The summed E-state index contributed by atoms with van der Waals surface area (Å²) in [6.07, 6.45) is 0. The van der Waals surface area contributed by atoms with E-state index in [0.29, 0.717) is 5.52 Å². The number of anilines is 1. The molecule has 120 valence electrons. The van der Waals surface area contributed by atoms with Crippen LogP contribution in [0.15, 0.2) is 18.2 Å². The Balaban J connectivity index is 2.69. The van der Waals surface area contributed by atoms with Crippen molar-refractivity contribution in [3.63, 3.8) is 0 Å². The largest absolute Gasteiger partial charge is 0.368 e. The van der Waals surface area contributed by atoms with Gasteiger partial charge in [-0.3, -0.25) is 9.63 Å². The molecule has 0 saturated heterocycles. The van der Waals surface area contributed by atoms with Crippen LogP contribution in [0.5, 0.6) is 0 Å². The minimum Gasteiger partial charge on any atom is -0.368 e. The molecule has 8 nitrogen and oxygen atoms in total. The Kier molecular flexibility index (Phi) is 4.12. The van der Waals surface area contributed by atoms with Crippen LogP contribution in [-0.2, 0) is 14.9 Å². The van der Waals surface area contributed by atoms with Crippen molar-refractivity contribution in [1.82, 2.24) is 14.0 Å². The van der Waals surface area contributed by atoms with Gasteiger partial charge in [0.25, 0.3) is 5.91 Å². The van der Waals surface area contributed by atoms with E-state index in [2.05, 4.69) is 4.98 Å². The molecule has 2 aromatic rings. The maximum absolute atomic E-state index is 12.4. The normalized spacial score (nSPS) is 12.0. The van der Waals surface area contributed by atoms with Crippen molar-refractivity contribution in [2.24, 2.45) is 0 Å². The molecule has 1 aromatic heterocycles. The lowest BCUT2D eigenvalue weighted by Crippen LogP contribution is -2.26. The van der Waals surface area contributed by atoms with Crippen LogP contribution in [0.3, 0.4) is 0 Å². The maximum atomic E-state index is 12.4. The molecule has 9 heteroatoms. The van der Waals surface area contributed by atoms with Crippen LogP contribution in [-0.4, -0.2) is 47.8 Å². The molecule has 0 aliphatic heterocycles. The highest BCUT2D eigenvalue weighted by Crippen LogP contribution is 2.24. The predicted octanol–water partition coefficient (Wildman–Crippen LogP) is 0.838. The van der Waals surface area contributed by atoms with E-state index in [1.807, 2.05) is 0 Å². The number of rotatable bonds is 4. The third-order valence-electron chi connectivity index (χ3n) is 3.29. The van der Waals surface area contributed by atoms with E-state index in [1.54, 1.807) is 26.0 Å². The third kappa shape index (κ3) is 2.53. The number of aromatic nitrogens is 2. The van der Waals surface area contributed by atoms with Gasteiger partial charge < -0.3 is 5.73 Å². The molecule has 0 spiro atoms. The van der Waals surface area contributed by atoms with Gasteiger partial charge in [-0.2, -0.15) is 0 Å². The monoisotopic (exact) mass is 326 g/mol. The average molecular weight is 326 g/mol. The number of carbonyl (C=O) groups excluding carboxylic acids is 1. The van der Waals surface area contributed by atoms with E-state index in [0.717, 1.165) is 9.04 Å². The van der Waals surface area contributed by atoms with Crippen LogP contribution in [0.4, 0.5) is 5.95 Å². The van der Waals surface area contributed by atoms with Crippen molar-refractivity contribution in [2.45, 2.75) is 19.1 Å². The van der Waals surface area contributed by atoms with Gasteiger partial charge in [0.1, 0.15) is 0 Å². The highest BCUT2D eigenvalue weighted by molar-refractivity contribution is 7.90. The second kappa shape index (κ2) is 5.58. The summed E-state index contributed by atoms with van der Waals surface area (Å²) < 4.78 is 25.8. The summed E-state index contributed by atoms with van der Waals surface area (Å²) in [6.45, 7) is 3.10. The van der Waals surface area contributed by atoms with E-state index in [9.17, 15) is 13.2 Å². The molecule has 0 radical (unpaired) electrons. The van der Waals surface area contributed by atoms with Crippen molar-refractivity contribution in [2.75, 3.05) is 19.9 Å². The minimum atomic E-state index is -3.69.